The fraction of sp³-hybridized carbons (Fsp3) is 0.471. The summed E-state index contributed by atoms with van der Waals surface area (Å²) in [6.07, 6.45) is 2.08. The number of benzene rings is 1. The van der Waals surface area contributed by atoms with E-state index in [-0.39, 0.29) is 18.4 Å². The third-order valence-electron chi connectivity index (χ3n) is 4.36. The molecule has 128 valence electrons. The molecule has 6 nitrogen and oxygen atoms in total. The molecule has 1 saturated heterocycles. The maximum absolute atomic E-state index is 12.4. The smallest absolute Gasteiger partial charge is 0.277 e. The van der Waals surface area contributed by atoms with Crippen LogP contribution in [0, 0.1) is 0 Å². The number of para-hydroxylation sites is 1. The number of carbonyl (C=O) groups excluding carboxylic acids is 2. The van der Waals surface area contributed by atoms with Gasteiger partial charge in [-0.15, -0.1) is 11.3 Å². The number of aromatic nitrogens is 1. The number of carbonyl (C=O) groups is 2. The number of amides is 2. The molecule has 1 aromatic heterocycles. The zero-order valence-electron chi connectivity index (χ0n) is 13.8. The first-order chi connectivity index (χ1) is 11.7. The van der Waals surface area contributed by atoms with E-state index in [0.717, 1.165) is 36.5 Å². The van der Waals surface area contributed by atoms with Crippen molar-refractivity contribution in [1.29, 1.82) is 0 Å². The molecule has 1 aromatic carbocycles. The van der Waals surface area contributed by atoms with Crippen molar-refractivity contribution in [2.75, 3.05) is 33.2 Å². The number of rotatable bonds is 5. The quantitative estimate of drug-likeness (QED) is 0.817. The highest BCUT2D eigenvalue weighted by Crippen LogP contribution is 2.32. The minimum atomic E-state index is -0.0613. The fourth-order valence-electron chi connectivity index (χ4n) is 3.03. The van der Waals surface area contributed by atoms with Gasteiger partial charge in [0.1, 0.15) is 0 Å². The molecule has 0 aliphatic carbocycles. The summed E-state index contributed by atoms with van der Waals surface area (Å²) in [5.74, 6) is 0.359. The first-order valence-corrected chi connectivity index (χ1v) is 9.14. The molecule has 2 aromatic rings. The lowest BCUT2D eigenvalue weighted by molar-refractivity contribution is -0.633. The van der Waals surface area contributed by atoms with Crippen molar-refractivity contribution < 1.29 is 14.9 Å². The summed E-state index contributed by atoms with van der Waals surface area (Å²) < 4.78 is 1.20. The van der Waals surface area contributed by atoms with E-state index in [1.165, 1.54) is 4.70 Å². The molecule has 24 heavy (non-hydrogen) atoms. The summed E-state index contributed by atoms with van der Waals surface area (Å²) in [6, 6.07) is 8.17. The number of nitrogens with zero attached hydrogens (tertiary/aromatic N) is 2. The molecule has 0 bridgehead atoms. The molecular weight excluding hydrogens is 324 g/mol. The first-order valence-electron chi connectivity index (χ1n) is 8.33. The molecule has 3 rings (SSSR count). The van der Waals surface area contributed by atoms with E-state index >= 15 is 0 Å². The number of hydrogen-bond donors (Lipinski definition) is 2. The molecular formula is C17H23N4O2S+. The SMILES string of the molecule is CNC(=O)C[NH2+]CC(=O)N1CCC[C@@H](c2nc3ccccc3s2)C1. The van der Waals surface area contributed by atoms with Crippen molar-refractivity contribution >= 4 is 33.4 Å². The topological polar surface area (TPSA) is 78.9 Å². The normalized spacial score (nSPS) is 17.9. The lowest BCUT2D eigenvalue weighted by atomic mass is 9.98. The Morgan fingerprint density at radius 3 is 3.00 bits per heavy atom. The minimum absolute atomic E-state index is 0.0613. The summed E-state index contributed by atoms with van der Waals surface area (Å²) in [4.78, 5) is 30.2. The number of nitrogens with one attached hydrogen (secondary N) is 1. The predicted molar refractivity (Wildman–Crippen MR) is 93.9 cm³/mol. The van der Waals surface area contributed by atoms with Crippen molar-refractivity contribution in [2.24, 2.45) is 0 Å². The Morgan fingerprint density at radius 2 is 2.21 bits per heavy atom. The molecule has 3 N–H and O–H groups in total. The van der Waals surface area contributed by atoms with Gasteiger partial charge in [0.25, 0.3) is 11.8 Å². The molecule has 0 spiro atoms. The number of likely N-dealkylation sites (tertiary alicyclic amines) is 1. The highest BCUT2D eigenvalue weighted by atomic mass is 32.1. The van der Waals surface area contributed by atoms with E-state index in [0.29, 0.717) is 12.5 Å². The Labute approximate surface area is 145 Å². The van der Waals surface area contributed by atoms with Gasteiger partial charge >= 0.3 is 0 Å². The highest BCUT2D eigenvalue weighted by molar-refractivity contribution is 7.18. The van der Waals surface area contributed by atoms with Crippen LogP contribution in [0.25, 0.3) is 10.2 Å². The largest absolute Gasteiger partial charge is 0.354 e. The van der Waals surface area contributed by atoms with Gasteiger partial charge in [-0.2, -0.15) is 0 Å². The second-order valence-corrected chi connectivity index (χ2v) is 7.13. The molecule has 2 heterocycles. The van der Waals surface area contributed by atoms with Gasteiger partial charge < -0.3 is 15.5 Å². The molecule has 0 saturated carbocycles. The lowest BCUT2D eigenvalue weighted by Gasteiger charge is -2.31. The third kappa shape index (κ3) is 3.91. The zero-order chi connectivity index (χ0) is 16.9. The Kier molecular flexibility index (Phi) is 5.42. The Bertz CT molecular complexity index is 697. The van der Waals surface area contributed by atoms with Crippen molar-refractivity contribution in [3.05, 3.63) is 29.3 Å². The minimum Gasteiger partial charge on any atom is -0.354 e. The summed E-state index contributed by atoms with van der Waals surface area (Å²) in [6.45, 7) is 2.14. The molecule has 1 aliphatic heterocycles. The van der Waals surface area contributed by atoms with E-state index in [1.54, 1.807) is 23.7 Å². The average Bonchev–Trinajstić information content (AvgIpc) is 3.05. The van der Waals surface area contributed by atoms with Crippen LogP contribution in [0.1, 0.15) is 23.8 Å². The van der Waals surface area contributed by atoms with E-state index < -0.39 is 0 Å². The van der Waals surface area contributed by atoms with Gasteiger partial charge in [0, 0.05) is 26.1 Å². The lowest BCUT2D eigenvalue weighted by Crippen LogP contribution is -2.88. The molecule has 1 fully saturated rings. The van der Waals surface area contributed by atoms with Crippen molar-refractivity contribution in [1.82, 2.24) is 15.2 Å². The van der Waals surface area contributed by atoms with Gasteiger partial charge in [-0.25, -0.2) is 4.98 Å². The van der Waals surface area contributed by atoms with Gasteiger partial charge in [0.15, 0.2) is 13.1 Å². The van der Waals surface area contributed by atoms with E-state index in [9.17, 15) is 9.59 Å². The number of hydrogen-bond acceptors (Lipinski definition) is 4. The molecule has 1 atom stereocenters. The number of thiazole rings is 1. The van der Waals surface area contributed by atoms with E-state index in [1.807, 2.05) is 23.1 Å². The monoisotopic (exact) mass is 347 g/mol. The van der Waals surface area contributed by atoms with E-state index in [2.05, 4.69) is 11.4 Å². The molecule has 0 unspecified atom stereocenters. The second-order valence-electron chi connectivity index (χ2n) is 6.07. The summed E-state index contributed by atoms with van der Waals surface area (Å²) in [5.41, 5.74) is 1.04. The van der Waals surface area contributed by atoms with Gasteiger partial charge in [0.2, 0.25) is 0 Å². The van der Waals surface area contributed by atoms with Crippen LogP contribution < -0.4 is 10.6 Å². The number of quaternary nitrogens is 1. The van der Waals surface area contributed by atoms with Crippen LogP contribution in [-0.2, 0) is 9.59 Å². The highest BCUT2D eigenvalue weighted by Gasteiger charge is 2.27. The maximum Gasteiger partial charge on any atom is 0.277 e. The summed E-state index contributed by atoms with van der Waals surface area (Å²) in [5, 5.41) is 5.44. The predicted octanol–water partition coefficient (Wildman–Crippen LogP) is 0.312. The van der Waals surface area contributed by atoms with E-state index in [4.69, 9.17) is 4.98 Å². The van der Waals surface area contributed by atoms with Crippen LogP contribution in [0.5, 0.6) is 0 Å². The van der Waals surface area contributed by atoms with Crippen LogP contribution >= 0.6 is 11.3 Å². The standard InChI is InChI=1S/C17H22N4O2S/c1-18-15(22)9-19-10-16(23)21-8-4-5-12(11-21)17-20-13-6-2-3-7-14(13)24-17/h2-3,6-7,12,19H,4-5,8-11H2,1H3,(H,18,22)/p+1/t12-/m1/s1. The Balaban J connectivity index is 1.59. The van der Waals surface area contributed by atoms with Gasteiger partial charge in [-0.3, -0.25) is 9.59 Å². The van der Waals surface area contributed by atoms with Crippen molar-refractivity contribution in [2.45, 2.75) is 18.8 Å². The Morgan fingerprint density at radius 1 is 1.38 bits per heavy atom. The van der Waals surface area contributed by atoms with Crippen LogP contribution in [0.4, 0.5) is 0 Å². The summed E-state index contributed by atoms with van der Waals surface area (Å²) >= 11 is 1.73. The van der Waals surface area contributed by atoms with Gasteiger partial charge in [-0.1, -0.05) is 12.1 Å². The van der Waals surface area contributed by atoms with Crippen molar-refractivity contribution in [3.63, 3.8) is 0 Å². The molecule has 1 aliphatic rings. The summed E-state index contributed by atoms with van der Waals surface area (Å²) in [7, 11) is 1.60. The van der Waals surface area contributed by atoms with Gasteiger partial charge in [-0.05, 0) is 25.0 Å². The zero-order valence-corrected chi connectivity index (χ0v) is 14.6. The molecule has 7 heteroatoms. The number of fused-ring (bicyclic) bond motifs is 1. The average molecular weight is 347 g/mol. The maximum atomic E-state index is 12.4. The van der Waals surface area contributed by atoms with Crippen LogP contribution in [-0.4, -0.2) is 54.9 Å². The number of likely N-dealkylation sites (N-methyl/N-ethyl adjacent to an activating group) is 1. The van der Waals surface area contributed by atoms with Crippen molar-refractivity contribution in [3.8, 4) is 0 Å². The van der Waals surface area contributed by atoms with Crippen LogP contribution in [0.15, 0.2) is 24.3 Å². The van der Waals surface area contributed by atoms with Crippen LogP contribution in [0.2, 0.25) is 0 Å². The molecule has 2 amide bonds. The third-order valence-corrected chi connectivity index (χ3v) is 5.56. The first kappa shape index (κ1) is 16.9. The number of piperidine rings is 1. The number of nitrogens with two attached hydrogens (primary N) is 1. The molecule has 0 radical (unpaired) electrons. The van der Waals surface area contributed by atoms with Gasteiger partial charge in [0.05, 0.1) is 15.2 Å². The van der Waals surface area contributed by atoms with Crippen LogP contribution in [0.3, 0.4) is 0 Å². The Hall–Kier alpha value is -1.99. The fourth-order valence-corrected chi connectivity index (χ4v) is 4.12. The second kappa shape index (κ2) is 7.72.